The highest BCUT2D eigenvalue weighted by Crippen LogP contribution is 2.36. The monoisotopic (exact) mass is 467 g/mol. The molecule has 22 heavy (non-hydrogen) atoms. The van der Waals surface area contributed by atoms with Gasteiger partial charge in [0.25, 0.3) is 15.9 Å². The Kier molecular flexibility index (Phi) is 5.31. The number of ether oxygens (including phenoxy) is 1. The maximum absolute atomic E-state index is 12.3. The maximum Gasteiger partial charge on any atom is 0.273 e. The molecule has 0 aliphatic carbocycles. The Morgan fingerprint density at radius 3 is 2.50 bits per heavy atom. The molecule has 0 aliphatic rings. The number of methoxy groups -OCH3 is 1. The predicted molar refractivity (Wildman–Crippen MR) is 92.1 cm³/mol. The quantitative estimate of drug-likeness (QED) is 0.742. The van der Waals surface area contributed by atoms with Gasteiger partial charge in [-0.3, -0.25) is 4.79 Å². The number of carbonyl (C=O) groups is 1. The van der Waals surface area contributed by atoms with E-state index < -0.39 is 15.9 Å². The summed E-state index contributed by atoms with van der Waals surface area (Å²) in [6.45, 7) is 1.73. The van der Waals surface area contributed by atoms with Gasteiger partial charge in [-0.05, 0) is 46.6 Å². The van der Waals surface area contributed by atoms with Crippen molar-refractivity contribution in [2.45, 2.75) is 11.1 Å². The minimum absolute atomic E-state index is 0.000611. The van der Waals surface area contributed by atoms with E-state index in [1.807, 2.05) is 0 Å². The van der Waals surface area contributed by atoms with Crippen LogP contribution in [0.4, 0.5) is 0 Å². The molecule has 1 amide bonds. The summed E-state index contributed by atoms with van der Waals surface area (Å²) >= 11 is 7.48. The van der Waals surface area contributed by atoms with Gasteiger partial charge < -0.3 is 4.74 Å². The van der Waals surface area contributed by atoms with Crippen LogP contribution in [0.15, 0.2) is 36.7 Å². The Bertz CT molecular complexity index is 831. The first kappa shape index (κ1) is 17.5. The first-order chi connectivity index (χ1) is 10.2. The van der Waals surface area contributed by atoms with Crippen LogP contribution in [0.3, 0.4) is 0 Å². The average Bonchev–Trinajstić information content (AvgIpc) is 2.80. The molecule has 9 heteroatoms. The lowest BCUT2D eigenvalue weighted by Crippen LogP contribution is -2.30. The second-order valence-electron chi connectivity index (χ2n) is 4.30. The molecular formula is C13H11Br2NO4S2. The fourth-order valence-corrected chi connectivity index (χ4v) is 5.43. The summed E-state index contributed by atoms with van der Waals surface area (Å²) in [7, 11) is -2.51. The zero-order valence-corrected chi connectivity index (χ0v) is 16.3. The molecule has 0 radical (unpaired) electrons. The second-order valence-corrected chi connectivity index (χ2v) is 9.50. The third-order valence-electron chi connectivity index (χ3n) is 2.78. The van der Waals surface area contributed by atoms with E-state index in [-0.39, 0.29) is 4.21 Å². The summed E-state index contributed by atoms with van der Waals surface area (Å²) in [5, 5.41) is 0. The summed E-state index contributed by atoms with van der Waals surface area (Å²) in [5.74, 6) is -0.272. The number of sulfonamides is 1. The van der Waals surface area contributed by atoms with Gasteiger partial charge in [0.15, 0.2) is 0 Å². The lowest BCUT2D eigenvalue weighted by Gasteiger charge is -2.07. The third kappa shape index (κ3) is 3.70. The van der Waals surface area contributed by atoms with E-state index in [4.69, 9.17) is 4.74 Å². The largest absolute Gasteiger partial charge is 0.495 e. The van der Waals surface area contributed by atoms with E-state index in [2.05, 4.69) is 36.6 Å². The molecule has 0 atom stereocenters. The highest BCUT2D eigenvalue weighted by atomic mass is 79.9. The first-order valence-electron chi connectivity index (χ1n) is 5.91. The van der Waals surface area contributed by atoms with Crippen molar-refractivity contribution < 1.29 is 17.9 Å². The van der Waals surface area contributed by atoms with Gasteiger partial charge in [-0.25, -0.2) is 13.1 Å². The zero-order chi connectivity index (χ0) is 16.5. The molecule has 2 aromatic rings. The number of aryl methyl sites for hydroxylation is 1. The van der Waals surface area contributed by atoms with Gasteiger partial charge in [0.2, 0.25) is 0 Å². The molecule has 0 unspecified atom stereocenters. The molecule has 118 valence electrons. The van der Waals surface area contributed by atoms with E-state index in [1.165, 1.54) is 13.2 Å². The molecule has 0 bridgehead atoms. The molecule has 0 saturated heterocycles. The summed E-state index contributed by atoms with van der Waals surface area (Å²) in [6, 6.07) is 6.35. The molecule has 5 nitrogen and oxygen atoms in total. The SMILES string of the molecule is COc1cc(S(=O)(=O)NC(=O)c2ccc(Br)cc2C)sc1Br. The molecule has 0 aliphatic heterocycles. The van der Waals surface area contributed by atoms with Crippen molar-refractivity contribution in [2.75, 3.05) is 7.11 Å². The Balaban J connectivity index is 2.29. The van der Waals surface area contributed by atoms with Gasteiger partial charge in [0, 0.05) is 16.1 Å². The number of carbonyl (C=O) groups excluding carboxylic acids is 1. The van der Waals surface area contributed by atoms with Gasteiger partial charge in [-0.1, -0.05) is 15.9 Å². The fourth-order valence-electron chi connectivity index (χ4n) is 1.71. The summed E-state index contributed by atoms with van der Waals surface area (Å²) in [6.07, 6.45) is 0. The minimum atomic E-state index is -3.95. The molecule has 1 aromatic heterocycles. The molecule has 0 fully saturated rings. The van der Waals surface area contributed by atoms with E-state index in [1.54, 1.807) is 25.1 Å². The standard InChI is InChI=1S/C13H11Br2NO4S2/c1-7-5-8(14)3-4-9(7)13(17)16-22(18,19)11-6-10(20-2)12(15)21-11/h3-6H,1-2H3,(H,16,17). The van der Waals surface area contributed by atoms with Crippen LogP contribution >= 0.6 is 43.2 Å². The van der Waals surface area contributed by atoms with E-state index in [0.717, 1.165) is 15.8 Å². The van der Waals surface area contributed by atoms with Crippen molar-refractivity contribution in [3.05, 3.63) is 43.7 Å². The van der Waals surface area contributed by atoms with Crippen molar-refractivity contribution in [1.29, 1.82) is 0 Å². The van der Waals surface area contributed by atoms with Crippen LogP contribution < -0.4 is 9.46 Å². The van der Waals surface area contributed by atoms with Crippen LogP contribution in [0, 0.1) is 6.92 Å². The molecule has 0 spiro atoms. The number of hydrogen-bond acceptors (Lipinski definition) is 5. The van der Waals surface area contributed by atoms with E-state index in [9.17, 15) is 13.2 Å². The van der Waals surface area contributed by atoms with Crippen molar-refractivity contribution in [2.24, 2.45) is 0 Å². The average molecular weight is 469 g/mol. The Hall–Kier alpha value is -0.900. The Morgan fingerprint density at radius 2 is 1.95 bits per heavy atom. The van der Waals surface area contributed by atoms with Crippen molar-refractivity contribution >= 4 is 59.1 Å². The van der Waals surface area contributed by atoms with Crippen molar-refractivity contribution in [3.8, 4) is 5.75 Å². The summed E-state index contributed by atoms with van der Waals surface area (Å²) < 4.78 is 33.0. The van der Waals surface area contributed by atoms with Crippen LogP contribution in [-0.2, 0) is 10.0 Å². The number of hydrogen-bond donors (Lipinski definition) is 1. The van der Waals surface area contributed by atoms with Crippen molar-refractivity contribution in [1.82, 2.24) is 4.72 Å². The number of rotatable bonds is 4. The number of amides is 1. The molecule has 0 saturated carbocycles. The van der Waals surface area contributed by atoms with Gasteiger partial charge in [0.1, 0.15) is 13.7 Å². The maximum atomic E-state index is 12.3. The molecule has 1 aromatic carbocycles. The molecular weight excluding hydrogens is 458 g/mol. The lowest BCUT2D eigenvalue weighted by molar-refractivity contribution is 0.0981. The van der Waals surface area contributed by atoms with Crippen LogP contribution in [-0.4, -0.2) is 21.4 Å². The van der Waals surface area contributed by atoms with Crippen LogP contribution in [0.2, 0.25) is 0 Å². The smallest absolute Gasteiger partial charge is 0.273 e. The first-order valence-corrected chi connectivity index (χ1v) is 9.80. The fraction of sp³-hybridized carbons (Fsp3) is 0.154. The van der Waals surface area contributed by atoms with E-state index >= 15 is 0 Å². The normalized spacial score (nSPS) is 11.3. The van der Waals surface area contributed by atoms with Gasteiger partial charge in [0.05, 0.1) is 7.11 Å². The van der Waals surface area contributed by atoms with Crippen molar-refractivity contribution in [3.63, 3.8) is 0 Å². The van der Waals surface area contributed by atoms with Gasteiger partial charge in [-0.2, -0.15) is 0 Å². The lowest BCUT2D eigenvalue weighted by atomic mass is 10.1. The topological polar surface area (TPSA) is 72.5 Å². The Labute approximate surface area is 149 Å². The highest BCUT2D eigenvalue weighted by Gasteiger charge is 2.23. The van der Waals surface area contributed by atoms with Gasteiger partial charge >= 0.3 is 0 Å². The summed E-state index contributed by atoms with van der Waals surface area (Å²) in [4.78, 5) is 12.2. The minimum Gasteiger partial charge on any atom is -0.495 e. The second kappa shape index (κ2) is 6.69. The number of nitrogens with one attached hydrogen (secondary N) is 1. The zero-order valence-electron chi connectivity index (χ0n) is 11.5. The predicted octanol–water partition coefficient (Wildman–Crippen LogP) is 3.71. The van der Waals surface area contributed by atoms with Crippen LogP contribution in [0.5, 0.6) is 5.75 Å². The van der Waals surface area contributed by atoms with Crippen LogP contribution in [0.1, 0.15) is 15.9 Å². The number of halogens is 2. The number of thiophene rings is 1. The molecule has 2 rings (SSSR count). The number of benzene rings is 1. The molecule has 1 heterocycles. The highest BCUT2D eigenvalue weighted by molar-refractivity contribution is 9.11. The summed E-state index contributed by atoms with van der Waals surface area (Å²) in [5.41, 5.74) is 0.973. The Morgan fingerprint density at radius 1 is 1.27 bits per heavy atom. The van der Waals surface area contributed by atoms with E-state index in [0.29, 0.717) is 20.7 Å². The third-order valence-corrected chi connectivity index (χ3v) is 6.86. The van der Waals surface area contributed by atoms with Crippen LogP contribution in [0.25, 0.3) is 0 Å². The molecule has 1 N–H and O–H groups in total. The van der Waals surface area contributed by atoms with Gasteiger partial charge in [-0.15, -0.1) is 11.3 Å².